The first-order valence-corrected chi connectivity index (χ1v) is 12.7. The number of ether oxygens (including phenoxy) is 2. The number of amides is 1. The van der Waals surface area contributed by atoms with Crippen LogP contribution in [-0.4, -0.2) is 49.7 Å². The van der Waals surface area contributed by atoms with E-state index >= 15 is 0 Å². The third kappa shape index (κ3) is 4.57. The number of carbonyl (C=O) groups is 1. The van der Waals surface area contributed by atoms with Gasteiger partial charge in [0.1, 0.15) is 13.2 Å². The fraction of sp³-hybridized carbons (Fsp3) is 0.731. The molecular formula is C26H38N2O3. The number of nitrogens with zero attached hydrogens (tertiary/aromatic N) is 1. The van der Waals surface area contributed by atoms with Crippen LogP contribution in [0.1, 0.15) is 76.2 Å². The van der Waals surface area contributed by atoms with Crippen molar-refractivity contribution >= 4 is 5.91 Å². The third-order valence-corrected chi connectivity index (χ3v) is 8.15. The molecule has 31 heavy (non-hydrogen) atoms. The van der Waals surface area contributed by atoms with Crippen molar-refractivity contribution in [3.63, 3.8) is 0 Å². The van der Waals surface area contributed by atoms with E-state index in [9.17, 15) is 4.79 Å². The van der Waals surface area contributed by atoms with Crippen molar-refractivity contribution in [1.29, 1.82) is 0 Å². The van der Waals surface area contributed by atoms with Crippen molar-refractivity contribution in [2.24, 2.45) is 5.92 Å². The maximum atomic E-state index is 13.6. The molecule has 2 heterocycles. The Morgan fingerprint density at radius 1 is 0.935 bits per heavy atom. The van der Waals surface area contributed by atoms with Crippen LogP contribution in [0.25, 0.3) is 0 Å². The minimum Gasteiger partial charge on any atom is -0.486 e. The number of likely N-dealkylation sites (tertiary alicyclic amines) is 1. The minimum absolute atomic E-state index is 0.229. The largest absolute Gasteiger partial charge is 0.486 e. The number of fused-ring (bicyclic) bond motifs is 1. The lowest BCUT2D eigenvalue weighted by Crippen LogP contribution is -2.51. The molecule has 1 saturated heterocycles. The van der Waals surface area contributed by atoms with E-state index < -0.39 is 5.41 Å². The highest BCUT2D eigenvalue weighted by Gasteiger charge is 2.44. The number of nitrogens with one attached hydrogen (secondary N) is 1. The predicted molar refractivity (Wildman–Crippen MR) is 122 cm³/mol. The van der Waals surface area contributed by atoms with Crippen LogP contribution in [0.3, 0.4) is 0 Å². The van der Waals surface area contributed by atoms with Crippen LogP contribution in [0.15, 0.2) is 18.2 Å². The van der Waals surface area contributed by atoms with Gasteiger partial charge in [0.15, 0.2) is 11.5 Å². The van der Waals surface area contributed by atoms with Crippen molar-refractivity contribution in [3.8, 4) is 11.5 Å². The van der Waals surface area contributed by atoms with Gasteiger partial charge in [0.05, 0.1) is 5.41 Å². The fourth-order valence-electron chi connectivity index (χ4n) is 6.28. The average Bonchev–Trinajstić information content (AvgIpc) is 3.32. The van der Waals surface area contributed by atoms with Gasteiger partial charge in [-0.05, 0) is 62.1 Å². The molecule has 0 aromatic heterocycles. The molecule has 0 atom stereocenters. The quantitative estimate of drug-likeness (QED) is 0.757. The highest BCUT2D eigenvalue weighted by Crippen LogP contribution is 2.44. The normalized spacial score (nSPS) is 24.8. The zero-order valence-corrected chi connectivity index (χ0v) is 18.9. The van der Waals surface area contributed by atoms with E-state index in [0.717, 1.165) is 74.6 Å². The highest BCUT2D eigenvalue weighted by atomic mass is 16.6. The molecule has 0 unspecified atom stereocenters. The minimum atomic E-state index is -0.408. The van der Waals surface area contributed by atoms with Gasteiger partial charge in [-0.15, -0.1) is 0 Å². The SMILES string of the molecule is O=C(NC1CCN(CC2CCCCC2)CC1)C1(c2ccc3c(c2)OCCO3)CCCC1. The summed E-state index contributed by atoms with van der Waals surface area (Å²) >= 11 is 0. The van der Waals surface area contributed by atoms with Crippen molar-refractivity contribution < 1.29 is 14.3 Å². The molecule has 1 amide bonds. The van der Waals surface area contributed by atoms with E-state index in [1.807, 2.05) is 6.07 Å². The number of hydrogen-bond donors (Lipinski definition) is 1. The molecule has 5 nitrogen and oxygen atoms in total. The molecule has 1 aromatic rings. The Morgan fingerprint density at radius 2 is 1.65 bits per heavy atom. The molecule has 1 N–H and O–H groups in total. The zero-order valence-electron chi connectivity index (χ0n) is 18.9. The summed E-state index contributed by atoms with van der Waals surface area (Å²) in [7, 11) is 0. The number of benzene rings is 1. The van der Waals surface area contributed by atoms with Gasteiger partial charge in [-0.3, -0.25) is 4.79 Å². The summed E-state index contributed by atoms with van der Waals surface area (Å²) in [6.45, 7) is 4.69. The summed E-state index contributed by atoms with van der Waals surface area (Å²) in [5.41, 5.74) is 0.691. The number of carbonyl (C=O) groups excluding carboxylic acids is 1. The molecule has 5 rings (SSSR count). The van der Waals surface area contributed by atoms with E-state index in [-0.39, 0.29) is 5.91 Å². The van der Waals surface area contributed by atoms with Gasteiger partial charge in [-0.2, -0.15) is 0 Å². The molecule has 3 fully saturated rings. The van der Waals surface area contributed by atoms with E-state index in [2.05, 4.69) is 22.3 Å². The number of piperidine rings is 1. The molecule has 2 saturated carbocycles. The standard InChI is InChI=1S/C26H38N2O3/c29-25(27-22-10-14-28(15-11-22)19-20-6-2-1-3-7-20)26(12-4-5-13-26)21-8-9-23-24(18-21)31-17-16-30-23/h8-9,18,20,22H,1-7,10-17,19H2,(H,27,29). The second-order valence-corrected chi connectivity index (χ2v) is 10.2. The van der Waals surface area contributed by atoms with E-state index in [0.29, 0.717) is 19.3 Å². The highest BCUT2D eigenvalue weighted by molar-refractivity contribution is 5.89. The van der Waals surface area contributed by atoms with Crippen molar-refractivity contribution in [2.75, 3.05) is 32.8 Å². The van der Waals surface area contributed by atoms with Crippen LogP contribution in [0.2, 0.25) is 0 Å². The molecule has 2 aliphatic carbocycles. The van der Waals surface area contributed by atoms with Gasteiger partial charge in [0.25, 0.3) is 0 Å². The predicted octanol–water partition coefficient (Wildman–Crippen LogP) is 4.43. The van der Waals surface area contributed by atoms with Crippen LogP contribution in [0.4, 0.5) is 0 Å². The van der Waals surface area contributed by atoms with Crippen LogP contribution in [0, 0.1) is 5.92 Å². The van der Waals surface area contributed by atoms with Gasteiger partial charge in [0, 0.05) is 25.7 Å². The molecule has 5 heteroatoms. The Labute approximate surface area is 186 Å². The maximum Gasteiger partial charge on any atom is 0.230 e. The molecular weight excluding hydrogens is 388 g/mol. The molecule has 0 spiro atoms. The van der Waals surface area contributed by atoms with Crippen molar-refractivity contribution in [1.82, 2.24) is 10.2 Å². The van der Waals surface area contributed by atoms with Crippen LogP contribution >= 0.6 is 0 Å². The fourth-order valence-corrected chi connectivity index (χ4v) is 6.28. The van der Waals surface area contributed by atoms with Crippen molar-refractivity contribution in [2.45, 2.75) is 82.1 Å². The second-order valence-electron chi connectivity index (χ2n) is 10.2. The number of rotatable bonds is 5. The van der Waals surface area contributed by atoms with E-state index in [1.54, 1.807) is 0 Å². The topological polar surface area (TPSA) is 50.8 Å². The Balaban J connectivity index is 1.20. The molecule has 2 aliphatic heterocycles. The summed E-state index contributed by atoms with van der Waals surface area (Å²) in [6, 6.07) is 6.45. The molecule has 4 aliphatic rings. The average molecular weight is 427 g/mol. The van der Waals surface area contributed by atoms with Crippen molar-refractivity contribution in [3.05, 3.63) is 23.8 Å². The van der Waals surface area contributed by atoms with E-state index in [4.69, 9.17) is 9.47 Å². The third-order valence-electron chi connectivity index (χ3n) is 8.15. The Morgan fingerprint density at radius 3 is 2.39 bits per heavy atom. The summed E-state index contributed by atoms with van der Waals surface area (Å²) in [4.78, 5) is 16.2. The first-order chi connectivity index (χ1) is 15.2. The molecule has 0 radical (unpaired) electrons. The maximum absolute atomic E-state index is 13.6. The Hall–Kier alpha value is -1.75. The summed E-state index contributed by atoms with van der Waals surface area (Å²) in [5, 5.41) is 3.47. The first-order valence-electron chi connectivity index (χ1n) is 12.7. The summed E-state index contributed by atoms with van der Waals surface area (Å²) in [5.74, 6) is 2.72. The van der Waals surface area contributed by atoms with Crippen LogP contribution in [0.5, 0.6) is 11.5 Å². The zero-order chi connectivity index (χ0) is 21.1. The smallest absolute Gasteiger partial charge is 0.230 e. The van der Waals surface area contributed by atoms with Gasteiger partial charge < -0.3 is 19.7 Å². The lowest BCUT2D eigenvalue weighted by molar-refractivity contribution is -0.127. The molecule has 0 bridgehead atoms. The summed E-state index contributed by atoms with van der Waals surface area (Å²) < 4.78 is 11.5. The molecule has 170 valence electrons. The Bertz CT molecular complexity index is 760. The lowest BCUT2D eigenvalue weighted by atomic mass is 9.77. The van der Waals surface area contributed by atoms with Gasteiger partial charge >= 0.3 is 0 Å². The van der Waals surface area contributed by atoms with Crippen LogP contribution in [-0.2, 0) is 10.2 Å². The lowest BCUT2D eigenvalue weighted by Gasteiger charge is -2.37. The first kappa shape index (κ1) is 21.1. The van der Waals surface area contributed by atoms with Gasteiger partial charge in [-0.1, -0.05) is 38.2 Å². The Kier molecular flexibility index (Phi) is 6.40. The monoisotopic (exact) mass is 426 g/mol. The second kappa shape index (κ2) is 9.40. The van der Waals surface area contributed by atoms with E-state index in [1.165, 1.54) is 38.6 Å². The number of hydrogen-bond acceptors (Lipinski definition) is 4. The van der Waals surface area contributed by atoms with Crippen LogP contribution < -0.4 is 14.8 Å². The van der Waals surface area contributed by atoms with Gasteiger partial charge in [-0.25, -0.2) is 0 Å². The van der Waals surface area contributed by atoms with Gasteiger partial charge in [0.2, 0.25) is 5.91 Å². The molecule has 1 aromatic carbocycles. The summed E-state index contributed by atoms with van der Waals surface area (Å²) in [6.07, 6.45) is 13.3.